The van der Waals surface area contributed by atoms with Crippen LogP contribution in [0.3, 0.4) is 0 Å². The number of carbonyl (C=O) groups is 3. The molecule has 0 aromatic heterocycles. The zero-order valence-corrected chi connectivity index (χ0v) is 42.0. The number of hydrogen-bond acceptors (Lipinski definition) is 6. The minimum Gasteiger partial charge on any atom is -0.462 e. The summed E-state index contributed by atoms with van der Waals surface area (Å²) in [5.41, 5.74) is 0. The maximum absolute atomic E-state index is 12.8. The fourth-order valence-corrected chi connectivity index (χ4v) is 7.36. The average molecular weight is 893 g/mol. The standard InChI is InChI=1S/C58H100O6/c1-4-7-10-13-16-19-22-25-28-29-31-33-36-39-42-45-48-51-57(60)63-54-55(53-62-56(59)50-47-44-41-38-35-32-27-24-21-18-15-12-9-6-3)64-58(61)52-49-46-43-40-37-34-30-26-23-20-17-14-11-8-5-2/h7,10,16,19,24-28,30-31,33,55H,4-6,8-9,11-15,17-18,20-23,29,32,34-54H2,1-3H3/b10-7-,19-16-,27-24-,28-25-,30-26-,33-31-. The van der Waals surface area contributed by atoms with Gasteiger partial charge in [0, 0.05) is 19.3 Å². The molecule has 0 aliphatic rings. The molecular formula is C58H100O6. The molecule has 6 heteroatoms. The van der Waals surface area contributed by atoms with Crippen molar-refractivity contribution >= 4 is 17.9 Å². The van der Waals surface area contributed by atoms with E-state index in [1.807, 2.05) is 0 Å². The average Bonchev–Trinajstić information content (AvgIpc) is 3.29. The van der Waals surface area contributed by atoms with Crippen LogP contribution in [0, 0.1) is 0 Å². The maximum Gasteiger partial charge on any atom is 0.306 e. The molecule has 0 saturated carbocycles. The largest absolute Gasteiger partial charge is 0.462 e. The zero-order valence-electron chi connectivity index (χ0n) is 42.0. The van der Waals surface area contributed by atoms with E-state index in [4.69, 9.17) is 14.2 Å². The van der Waals surface area contributed by atoms with Gasteiger partial charge in [0.25, 0.3) is 0 Å². The molecule has 1 atom stereocenters. The Kier molecular flexibility index (Phi) is 49.9. The van der Waals surface area contributed by atoms with E-state index in [0.29, 0.717) is 19.3 Å². The molecule has 0 radical (unpaired) electrons. The zero-order chi connectivity index (χ0) is 46.5. The van der Waals surface area contributed by atoms with Gasteiger partial charge in [0.15, 0.2) is 6.10 Å². The summed E-state index contributed by atoms with van der Waals surface area (Å²) in [6, 6.07) is 0. The second kappa shape index (κ2) is 52.5. The molecule has 0 fully saturated rings. The SMILES string of the molecule is CC/C=C\C/C=C\C/C=C\C/C=C\CCCCCCC(=O)OCC(COC(=O)CCCCCCC/C=C\CCCCCCC)OC(=O)CCCCCCC/C=C\CCCCCCCC. The Morgan fingerprint density at radius 1 is 0.328 bits per heavy atom. The van der Waals surface area contributed by atoms with Crippen molar-refractivity contribution in [1.82, 2.24) is 0 Å². The van der Waals surface area contributed by atoms with Crippen LogP contribution in [0.5, 0.6) is 0 Å². The van der Waals surface area contributed by atoms with E-state index >= 15 is 0 Å². The monoisotopic (exact) mass is 893 g/mol. The van der Waals surface area contributed by atoms with Gasteiger partial charge in [-0.25, -0.2) is 0 Å². The minimum atomic E-state index is -0.793. The fraction of sp³-hybridized carbons (Fsp3) is 0.741. The molecule has 64 heavy (non-hydrogen) atoms. The number of rotatable bonds is 48. The molecule has 0 rings (SSSR count). The number of carbonyl (C=O) groups excluding carboxylic acids is 3. The molecule has 0 bridgehead atoms. The van der Waals surface area contributed by atoms with Crippen molar-refractivity contribution < 1.29 is 28.6 Å². The first-order valence-corrected chi connectivity index (χ1v) is 26.9. The van der Waals surface area contributed by atoms with Crippen molar-refractivity contribution in [2.24, 2.45) is 0 Å². The quantitative estimate of drug-likeness (QED) is 0.0262. The number of allylic oxidation sites excluding steroid dienone is 12. The minimum absolute atomic E-state index is 0.0908. The topological polar surface area (TPSA) is 78.9 Å². The van der Waals surface area contributed by atoms with E-state index in [1.54, 1.807) is 0 Å². The van der Waals surface area contributed by atoms with Crippen molar-refractivity contribution in [1.29, 1.82) is 0 Å². The molecule has 1 unspecified atom stereocenters. The molecule has 0 heterocycles. The van der Waals surface area contributed by atoms with Crippen molar-refractivity contribution in [3.63, 3.8) is 0 Å². The summed E-state index contributed by atoms with van der Waals surface area (Å²) in [4.78, 5) is 38.0. The van der Waals surface area contributed by atoms with E-state index in [1.165, 1.54) is 103 Å². The van der Waals surface area contributed by atoms with Crippen molar-refractivity contribution in [2.75, 3.05) is 13.2 Å². The van der Waals surface area contributed by atoms with Crippen molar-refractivity contribution in [3.8, 4) is 0 Å². The molecule has 0 aromatic carbocycles. The van der Waals surface area contributed by atoms with Gasteiger partial charge in [-0.15, -0.1) is 0 Å². The highest BCUT2D eigenvalue weighted by molar-refractivity contribution is 5.71. The smallest absolute Gasteiger partial charge is 0.306 e. The lowest BCUT2D eigenvalue weighted by atomic mass is 10.1. The van der Waals surface area contributed by atoms with Gasteiger partial charge in [-0.3, -0.25) is 14.4 Å². The predicted octanol–water partition coefficient (Wildman–Crippen LogP) is 17.8. The summed E-state index contributed by atoms with van der Waals surface area (Å²) in [5.74, 6) is -0.928. The van der Waals surface area contributed by atoms with Crippen LogP contribution in [0.15, 0.2) is 72.9 Å². The predicted molar refractivity (Wildman–Crippen MR) is 274 cm³/mol. The Balaban J connectivity index is 4.45. The van der Waals surface area contributed by atoms with E-state index in [9.17, 15) is 14.4 Å². The Hall–Kier alpha value is -3.15. The highest BCUT2D eigenvalue weighted by Gasteiger charge is 2.19. The lowest BCUT2D eigenvalue weighted by Gasteiger charge is -2.18. The van der Waals surface area contributed by atoms with Crippen LogP contribution in [-0.4, -0.2) is 37.2 Å². The van der Waals surface area contributed by atoms with Gasteiger partial charge in [0.1, 0.15) is 13.2 Å². The number of ether oxygens (including phenoxy) is 3. The summed E-state index contributed by atoms with van der Waals surface area (Å²) in [5, 5.41) is 0. The Morgan fingerprint density at radius 3 is 0.969 bits per heavy atom. The van der Waals surface area contributed by atoms with Crippen molar-refractivity contribution in [3.05, 3.63) is 72.9 Å². The second-order valence-corrected chi connectivity index (χ2v) is 17.7. The number of hydrogen-bond donors (Lipinski definition) is 0. The van der Waals surface area contributed by atoms with Gasteiger partial charge < -0.3 is 14.2 Å². The lowest BCUT2D eigenvalue weighted by Crippen LogP contribution is -2.30. The third kappa shape index (κ3) is 49.9. The van der Waals surface area contributed by atoms with Gasteiger partial charge in [-0.1, -0.05) is 203 Å². The number of unbranched alkanes of at least 4 members (excludes halogenated alkanes) is 25. The van der Waals surface area contributed by atoms with Crippen LogP contribution >= 0.6 is 0 Å². The maximum atomic E-state index is 12.8. The summed E-state index contributed by atoms with van der Waals surface area (Å²) in [6.07, 6.45) is 65.9. The Labute approximate surface area is 395 Å². The van der Waals surface area contributed by atoms with E-state index < -0.39 is 6.10 Å². The molecule has 6 nitrogen and oxygen atoms in total. The van der Waals surface area contributed by atoms with Crippen LogP contribution in [0.4, 0.5) is 0 Å². The van der Waals surface area contributed by atoms with Gasteiger partial charge in [-0.2, -0.15) is 0 Å². The van der Waals surface area contributed by atoms with Crippen LogP contribution in [-0.2, 0) is 28.6 Å². The molecule has 0 amide bonds. The van der Waals surface area contributed by atoms with Gasteiger partial charge in [0.05, 0.1) is 0 Å². The van der Waals surface area contributed by atoms with E-state index in [0.717, 1.165) is 116 Å². The van der Waals surface area contributed by atoms with Crippen LogP contribution in [0.25, 0.3) is 0 Å². The third-order valence-electron chi connectivity index (χ3n) is 11.4. The van der Waals surface area contributed by atoms with Crippen molar-refractivity contribution in [2.45, 2.75) is 264 Å². The van der Waals surface area contributed by atoms with E-state index in [2.05, 4.69) is 93.7 Å². The third-order valence-corrected chi connectivity index (χ3v) is 11.4. The Morgan fingerprint density at radius 2 is 0.609 bits per heavy atom. The number of esters is 3. The molecule has 0 saturated heterocycles. The summed E-state index contributed by atoms with van der Waals surface area (Å²) < 4.78 is 16.8. The second-order valence-electron chi connectivity index (χ2n) is 17.7. The van der Waals surface area contributed by atoms with Crippen LogP contribution in [0.1, 0.15) is 258 Å². The summed E-state index contributed by atoms with van der Waals surface area (Å²) >= 11 is 0. The molecule has 368 valence electrons. The van der Waals surface area contributed by atoms with Gasteiger partial charge in [0.2, 0.25) is 0 Å². The first-order chi connectivity index (χ1) is 31.5. The lowest BCUT2D eigenvalue weighted by molar-refractivity contribution is -0.167. The summed E-state index contributed by atoms with van der Waals surface area (Å²) in [6.45, 7) is 6.48. The Bertz CT molecular complexity index is 1210. The van der Waals surface area contributed by atoms with Gasteiger partial charge in [-0.05, 0) is 109 Å². The highest BCUT2D eigenvalue weighted by atomic mass is 16.6. The first kappa shape index (κ1) is 60.9. The molecule has 0 aliphatic carbocycles. The molecular weight excluding hydrogens is 793 g/mol. The first-order valence-electron chi connectivity index (χ1n) is 26.9. The van der Waals surface area contributed by atoms with Crippen LogP contribution < -0.4 is 0 Å². The molecule has 0 aromatic rings. The van der Waals surface area contributed by atoms with Gasteiger partial charge >= 0.3 is 17.9 Å². The van der Waals surface area contributed by atoms with E-state index in [-0.39, 0.29) is 31.1 Å². The highest BCUT2D eigenvalue weighted by Crippen LogP contribution is 2.14. The van der Waals surface area contributed by atoms with Crippen LogP contribution in [0.2, 0.25) is 0 Å². The molecule has 0 aliphatic heterocycles. The molecule has 0 N–H and O–H groups in total. The fourth-order valence-electron chi connectivity index (χ4n) is 7.36. The molecule has 0 spiro atoms. The normalized spacial score (nSPS) is 12.6. The summed E-state index contributed by atoms with van der Waals surface area (Å²) in [7, 11) is 0.